The van der Waals surface area contributed by atoms with Crippen LogP contribution in [0.2, 0.25) is 0 Å². The molecule has 0 aromatic carbocycles. The number of carbonyl (C=O) groups is 1. The van der Waals surface area contributed by atoms with E-state index >= 15 is 0 Å². The zero-order chi connectivity index (χ0) is 14.8. The Labute approximate surface area is 110 Å². The van der Waals surface area contributed by atoms with Gasteiger partial charge >= 0.3 is 12.3 Å². The molecule has 0 saturated carbocycles. The molecule has 0 aliphatic rings. The van der Waals surface area contributed by atoms with Crippen LogP contribution in [0.4, 0.5) is 13.2 Å². The highest BCUT2D eigenvalue weighted by Gasteiger charge is 2.33. The lowest BCUT2D eigenvalue weighted by molar-refractivity contribution is -0.276. The molecular formula is C11H8F3N3O3. The number of aromatic nitrogens is 3. The van der Waals surface area contributed by atoms with Crippen LogP contribution >= 0.6 is 0 Å². The normalized spacial score (nSPS) is 11.3. The molecule has 9 heteroatoms. The van der Waals surface area contributed by atoms with E-state index in [1.54, 1.807) is 12.3 Å². The minimum atomic E-state index is -4.96. The smallest absolute Gasteiger partial charge is 0.477 e. The van der Waals surface area contributed by atoms with E-state index < -0.39 is 23.9 Å². The number of carboxylic acids is 1. The molecule has 0 aliphatic carbocycles. The van der Waals surface area contributed by atoms with Crippen molar-refractivity contribution in [2.75, 3.05) is 0 Å². The van der Waals surface area contributed by atoms with E-state index in [0.717, 1.165) is 6.07 Å². The highest BCUT2D eigenvalue weighted by molar-refractivity contribution is 5.85. The molecule has 0 saturated heterocycles. The number of halogens is 3. The maximum absolute atomic E-state index is 12.3. The summed E-state index contributed by atoms with van der Waals surface area (Å²) in [6.07, 6.45) is -1.95. The van der Waals surface area contributed by atoms with Gasteiger partial charge in [-0.15, -0.1) is 13.2 Å². The zero-order valence-electron chi connectivity index (χ0n) is 9.83. The van der Waals surface area contributed by atoms with Gasteiger partial charge in [0.2, 0.25) is 5.88 Å². The molecule has 2 aromatic rings. The maximum Gasteiger partial charge on any atom is 0.574 e. The average molecular weight is 287 g/mol. The van der Waals surface area contributed by atoms with Gasteiger partial charge in [-0.2, -0.15) is 5.10 Å². The summed E-state index contributed by atoms with van der Waals surface area (Å²) >= 11 is 0. The molecule has 0 bridgehead atoms. The summed E-state index contributed by atoms with van der Waals surface area (Å²) in [4.78, 5) is 14.1. The second-order valence-electron chi connectivity index (χ2n) is 3.72. The molecular weight excluding hydrogens is 279 g/mol. The molecule has 6 nitrogen and oxygen atoms in total. The van der Waals surface area contributed by atoms with E-state index in [-0.39, 0.29) is 12.1 Å². The lowest BCUT2D eigenvalue weighted by Crippen LogP contribution is -2.20. The van der Waals surface area contributed by atoms with E-state index in [9.17, 15) is 18.0 Å². The first-order valence-corrected chi connectivity index (χ1v) is 5.31. The van der Waals surface area contributed by atoms with Crippen LogP contribution in [0.15, 0.2) is 30.6 Å². The van der Waals surface area contributed by atoms with Gasteiger partial charge in [0.15, 0.2) is 5.69 Å². The quantitative estimate of drug-likeness (QED) is 0.929. The van der Waals surface area contributed by atoms with Gasteiger partial charge < -0.3 is 9.84 Å². The Morgan fingerprint density at radius 3 is 2.70 bits per heavy atom. The molecule has 0 amide bonds. The summed E-state index contributed by atoms with van der Waals surface area (Å²) in [6, 6.07) is 3.91. The number of aromatic carboxylic acids is 1. The number of pyridine rings is 1. The van der Waals surface area contributed by atoms with Crippen molar-refractivity contribution in [2.24, 2.45) is 0 Å². The molecule has 0 radical (unpaired) electrons. The molecule has 0 aliphatic heterocycles. The summed E-state index contributed by atoms with van der Waals surface area (Å²) in [7, 11) is 0. The summed E-state index contributed by atoms with van der Waals surface area (Å²) < 4.78 is 42.0. The largest absolute Gasteiger partial charge is 0.574 e. The summed E-state index contributed by atoms with van der Waals surface area (Å²) in [5.41, 5.74) is -0.468. The van der Waals surface area contributed by atoms with Crippen LogP contribution in [0.5, 0.6) is 5.88 Å². The molecule has 0 fully saturated rings. The number of rotatable bonds is 4. The lowest BCUT2D eigenvalue weighted by atomic mass is 10.2. The lowest BCUT2D eigenvalue weighted by Gasteiger charge is -2.12. The zero-order valence-corrected chi connectivity index (χ0v) is 9.83. The molecule has 2 aromatic heterocycles. The average Bonchev–Trinajstić information content (AvgIpc) is 2.82. The topological polar surface area (TPSA) is 77.2 Å². The van der Waals surface area contributed by atoms with E-state index in [0.29, 0.717) is 0 Å². The summed E-state index contributed by atoms with van der Waals surface area (Å²) in [6.45, 7) is -0.0225. The highest BCUT2D eigenvalue weighted by atomic mass is 19.4. The minimum absolute atomic E-state index is 0.0225. The van der Waals surface area contributed by atoms with Crippen molar-refractivity contribution >= 4 is 5.97 Å². The van der Waals surface area contributed by atoms with E-state index in [1.165, 1.54) is 16.9 Å². The third-order valence-corrected chi connectivity index (χ3v) is 2.26. The molecule has 0 spiro atoms. The van der Waals surface area contributed by atoms with Crippen LogP contribution in [-0.4, -0.2) is 32.2 Å². The van der Waals surface area contributed by atoms with Crippen LogP contribution in [0.25, 0.3) is 0 Å². The van der Waals surface area contributed by atoms with Gasteiger partial charge in [0, 0.05) is 18.0 Å². The van der Waals surface area contributed by atoms with Crippen molar-refractivity contribution < 1.29 is 27.8 Å². The van der Waals surface area contributed by atoms with Crippen molar-refractivity contribution in [3.8, 4) is 5.88 Å². The first kappa shape index (κ1) is 13.8. The second-order valence-corrected chi connectivity index (χ2v) is 3.72. The molecule has 0 atom stereocenters. The number of nitrogens with zero attached hydrogens (tertiary/aromatic N) is 3. The Bertz CT molecular complexity index is 611. The predicted octanol–water partition coefficient (Wildman–Crippen LogP) is 1.92. The van der Waals surface area contributed by atoms with Crippen LogP contribution in [-0.2, 0) is 6.54 Å². The van der Waals surface area contributed by atoms with Crippen molar-refractivity contribution in [1.29, 1.82) is 0 Å². The minimum Gasteiger partial charge on any atom is -0.477 e. The molecule has 0 unspecified atom stereocenters. The van der Waals surface area contributed by atoms with Crippen molar-refractivity contribution in [1.82, 2.24) is 14.8 Å². The molecule has 1 N–H and O–H groups in total. The SMILES string of the molecule is O=C(O)c1ccc(Cn2cccn2)c(OC(F)(F)F)n1. The van der Waals surface area contributed by atoms with Gasteiger partial charge in [0.25, 0.3) is 0 Å². The monoisotopic (exact) mass is 287 g/mol. The third-order valence-electron chi connectivity index (χ3n) is 2.26. The molecule has 2 rings (SSSR count). The van der Waals surface area contributed by atoms with Crippen LogP contribution in [0.1, 0.15) is 16.1 Å². The van der Waals surface area contributed by atoms with Crippen molar-refractivity contribution in [3.63, 3.8) is 0 Å². The van der Waals surface area contributed by atoms with E-state index in [2.05, 4.69) is 14.8 Å². The number of alkyl halides is 3. The van der Waals surface area contributed by atoms with Gasteiger partial charge in [0.05, 0.1) is 6.54 Å². The van der Waals surface area contributed by atoms with Gasteiger partial charge in [-0.3, -0.25) is 4.68 Å². The van der Waals surface area contributed by atoms with Crippen molar-refractivity contribution in [3.05, 3.63) is 41.9 Å². The maximum atomic E-state index is 12.3. The number of hydrogen-bond donors (Lipinski definition) is 1. The Kier molecular flexibility index (Phi) is 3.59. The number of ether oxygens (including phenoxy) is 1. The number of carboxylic acid groups (broad SMARTS) is 1. The fourth-order valence-corrected chi connectivity index (χ4v) is 1.48. The first-order valence-electron chi connectivity index (χ1n) is 5.31. The van der Waals surface area contributed by atoms with Crippen LogP contribution in [0.3, 0.4) is 0 Å². The Hall–Kier alpha value is -2.58. The van der Waals surface area contributed by atoms with Gasteiger partial charge in [-0.25, -0.2) is 9.78 Å². The molecule has 2 heterocycles. The third kappa shape index (κ3) is 3.46. The number of hydrogen-bond acceptors (Lipinski definition) is 4. The van der Waals surface area contributed by atoms with Crippen LogP contribution in [0, 0.1) is 0 Å². The Morgan fingerprint density at radius 2 is 2.15 bits per heavy atom. The standard InChI is InChI=1S/C11H8F3N3O3/c12-11(13,14)20-9-7(6-17-5-1-4-15-17)2-3-8(16-9)10(18)19/h1-5H,6H2,(H,18,19). The fraction of sp³-hybridized carbons (Fsp3) is 0.182. The second kappa shape index (κ2) is 5.19. The van der Waals surface area contributed by atoms with Gasteiger partial charge in [-0.05, 0) is 18.2 Å². The fourth-order valence-electron chi connectivity index (χ4n) is 1.48. The highest BCUT2D eigenvalue weighted by Crippen LogP contribution is 2.25. The van der Waals surface area contributed by atoms with Gasteiger partial charge in [-0.1, -0.05) is 0 Å². The first-order chi connectivity index (χ1) is 9.35. The Morgan fingerprint density at radius 1 is 1.40 bits per heavy atom. The van der Waals surface area contributed by atoms with E-state index in [1.807, 2.05) is 0 Å². The molecule has 20 heavy (non-hydrogen) atoms. The predicted molar refractivity (Wildman–Crippen MR) is 59.2 cm³/mol. The Balaban J connectivity index is 2.36. The van der Waals surface area contributed by atoms with Crippen molar-refractivity contribution in [2.45, 2.75) is 12.9 Å². The van der Waals surface area contributed by atoms with Gasteiger partial charge in [0.1, 0.15) is 0 Å². The summed E-state index contributed by atoms with van der Waals surface area (Å²) in [5, 5.41) is 12.6. The van der Waals surface area contributed by atoms with Crippen LogP contribution < -0.4 is 4.74 Å². The summed E-state index contributed by atoms with van der Waals surface area (Å²) in [5.74, 6) is -2.24. The van der Waals surface area contributed by atoms with E-state index in [4.69, 9.17) is 5.11 Å². The molecule has 106 valence electrons.